The third-order valence-electron chi connectivity index (χ3n) is 3.35. The van der Waals surface area contributed by atoms with E-state index in [-0.39, 0.29) is 11.8 Å². The quantitative estimate of drug-likeness (QED) is 0.581. The fraction of sp³-hybridized carbons (Fsp3) is 0. The summed E-state index contributed by atoms with van der Waals surface area (Å²) < 4.78 is 15.1. The van der Waals surface area contributed by atoms with E-state index in [1.165, 1.54) is 12.1 Å². The van der Waals surface area contributed by atoms with E-state index in [1.807, 2.05) is 24.3 Å². The first-order valence-corrected chi connectivity index (χ1v) is 6.39. The summed E-state index contributed by atoms with van der Waals surface area (Å²) >= 11 is 0. The first-order chi connectivity index (χ1) is 10.2. The lowest BCUT2D eigenvalue weighted by atomic mass is 10.2. The number of aromatic nitrogens is 4. The summed E-state index contributed by atoms with van der Waals surface area (Å²) in [6, 6.07) is 13.8. The van der Waals surface area contributed by atoms with Crippen LogP contribution in [0.15, 0.2) is 48.5 Å². The van der Waals surface area contributed by atoms with E-state index in [9.17, 15) is 4.39 Å². The first-order valence-electron chi connectivity index (χ1n) is 6.39. The molecule has 0 saturated heterocycles. The molecule has 0 spiro atoms. The van der Waals surface area contributed by atoms with Crippen LogP contribution in [0.4, 0.5) is 10.3 Å². The van der Waals surface area contributed by atoms with Gasteiger partial charge in [0.05, 0.1) is 5.52 Å². The highest BCUT2D eigenvalue weighted by Crippen LogP contribution is 2.26. The number of fused-ring (bicyclic) bond motifs is 3. The second-order valence-electron chi connectivity index (χ2n) is 4.68. The molecule has 5 nitrogen and oxygen atoms in total. The van der Waals surface area contributed by atoms with E-state index in [1.54, 1.807) is 16.5 Å². The van der Waals surface area contributed by atoms with Crippen molar-refractivity contribution in [3.05, 3.63) is 54.3 Å². The lowest BCUT2D eigenvalue weighted by Gasteiger charge is -2.08. The second kappa shape index (κ2) is 4.24. The van der Waals surface area contributed by atoms with Crippen molar-refractivity contribution in [3.8, 4) is 11.4 Å². The van der Waals surface area contributed by atoms with Crippen LogP contribution in [0.25, 0.3) is 27.9 Å². The Labute approximate surface area is 118 Å². The highest BCUT2D eigenvalue weighted by Gasteiger charge is 2.14. The fourth-order valence-corrected chi connectivity index (χ4v) is 2.43. The van der Waals surface area contributed by atoms with E-state index in [0.29, 0.717) is 17.0 Å². The number of benzene rings is 2. The van der Waals surface area contributed by atoms with E-state index in [0.717, 1.165) is 10.9 Å². The van der Waals surface area contributed by atoms with Crippen LogP contribution in [0, 0.1) is 5.82 Å². The summed E-state index contributed by atoms with van der Waals surface area (Å²) in [6.45, 7) is 0. The van der Waals surface area contributed by atoms with E-state index in [4.69, 9.17) is 5.73 Å². The highest BCUT2D eigenvalue weighted by molar-refractivity contribution is 5.93. The van der Waals surface area contributed by atoms with Gasteiger partial charge in [-0.3, -0.25) is 0 Å². The van der Waals surface area contributed by atoms with Crippen molar-refractivity contribution in [1.29, 1.82) is 0 Å². The van der Waals surface area contributed by atoms with Crippen molar-refractivity contribution in [2.24, 2.45) is 0 Å². The molecule has 2 N–H and O–H groups in total. The minimum Gasteiger partial charge on any atom is -0.368 e. The molecular weight excluding hydrogens is 269 g/mol. The lowest BCUT2D eigenvalue weighted by Crippen LogP contribution is -2.02. The van der Waals surface area contributed by atoms with Gasteiger partial charge in [0, 0.05) is 10.9 Å². The Balaban J connectivity index is 2.18. The molecular formula is C15H10FN5. The second-order valence-corrected chi connectivity index (χ2v) is 4.68. The van der Waals surface area contributed by atoms with Crippen LogP contribution in [0.3, 0.4) is 0 Å². The van der Waals surface area contributed by atoms with Crippen molar-refractivity contribution < 1.29 is 4.39 Å². The normalized spacial score (nSPS) is 11.3. The Hall–Kier alpha value is -3.02. The van der Waals surface area contributed by atoms with E-state index < -0.39 is 0 Å². The molecule has 0 fully saturated rings. The summed E-state index contributed by atoms with van der Waals surface area (Å²) in [5.41, 5.74) is 7.89. The molecule has 2 aromatic carbocycles. The number of hydrogen-bond donors (Lipinski definition) is 1. The van der Waals surface area contributed by atoms with E-state index in [2.05, 4.69) is 15.2 Å². The zero-order chi connectivity index (χ0) is 14.4. The van der Waals surface area contributed by atoms with Gasteiger partial charge in [-0.25, -0.2) is 13.8 Å². The molecule has 0 radical (unpaired) electrons. The summed E-state index contributed by atoms with van der Waals surface area (Å²) in [5.74, 6) is 0.412. The summed E-state index contributed by atoms with van der Waals surface area (Å²) in [7, 11) is 0. The first kappa shape index (κ1) is 11.8. The largest absolute Gasteiger partial charge is 0.368 e. The van der Waals surface area contributed by atoms with Gasteiger partial charge in [0.15, 0.2) is 5.65 Å². The van der Waals surface area contributed by atoms with Gasteiger partial charge in [-0.15, -0.1) is 10.2 Å². The number of hydrogen-bond acceptors (Lipinski definition) is 4. The Morgan fingerprint density at radius 1 is 1.00 bits per heavy atom. The number of rotatable bonds is 1. The maximum Gasteiger partial charge on any atom is 0.228 e. The molecule has 102 valence electrons. The van der Waals surface area contributed by atoms with Gasteiger partial charge in [0.2, 0.25) is 5.95 Å². The third-order valence-corrected chi connectivity index (χ3v) is 3.35. The number of anilines is 1. The number of para-hydroxylation sites is 1. The molecule has 2 heterocycles. The van der Waals surface area contributed by atoms with Crippen LogP contribution in [0.2, 0.25) is 0 Å². The average Bonchev–Trinajstić information content (AvgIpc) is 2.89. The molecule has 0 saturated carbocycles. The summed E-state index contributed by atoms with van der Waals surface area (Å²) in [6.07, 6.45) is 0. The number of halogens is 1. The monoisotopic (exact) mass is 279 g/mol. The van der Waals surface area contributed by atoms with Crippen LogP contribution in [-0.4, -0.2) is 19.6 Å². The Bertz CT molecular complexity index is 976. The van der Waals surface area contributed by atoms with Crippen LogP contribution in [0.5, 0.6) is 0 Å². The maximum absolute atomic E-state index is 13.5. The van der Waals surface area contributed by atoms with Gasteiger partial charge in [0.1, 0.15) is 11.6 Å². The molecule has 4 aromatic rings. The molecule has 4 rings (SSSR count). The van der Waals surface area contributed by atoms with Gasteiger partial charge in [-0.1, -0.05) is 24.3 Å². The fourth-order valence-electron chi connectivity index (χ4n) is 2.43. The molecule has 0 amide bonds. The summed E-state index contributed by atoms with van der Waals surface area (Å²) in [5, 5.41) is 8.87. The smallest absolute Gasteiger partial charge is 0.228 e. The predicted molar refractivity (Wildman–Crippen MR) is 78.1 cm³/mol. The van der Waals surface area contributed by atoms with Gasteiger partial charge >= 0.3 is 0 Å². The minimum atomic E-state index is -0.331. The molecule has 2 aromatic heterocycles. The SMILES string of the molecule is Nc1nnc2c3ccccc3nc(-c3cccc(F)c3)n12. The van der Waals surface area contributed by atoms with Crippen molar-refractivity contribution in [1.82, 2.24) is 19.6 Å². The number of nitrogen functional groups attached to an aromatic ring is 1. The van der Waals surface area contributed by atoms with Gasteiger partial charge in [-0.05, 0) is 24.3 Å². The van der Waals surface area contributed by atoms with Crippen molar-refractivity contribution in [2.75, 3.05) is 5.73 Å². The zero-order valence-corrected chi connectivity index (χ0v) is 10.9. The molecule has 6 heteroatoms. The van der Waals surface area contributed by atoms with Crippen LogP contribution >= 0.6 is 0 Å². The van der Waals surface area contributed by atoms with Crippen LogP contribution in [-0.2, 0) is 0 Å². The number of nitrogens with two attached hydrogens (primary N) is 1. The van der Waals surface area contributed by atoms with Crippen molar-refractivity contribution in [3.63, 3.8) is 0 Å². The Morgan fingerprint density at radius 3 is 2.71 bits per heavy atom. The van der Waals surface area contributed by atoms with E-state index >= 15 is 0 Å². The maximum atomic E-state index is 13.5. The molecule has 0 aliphatic heterocycles. The minimum absolute atomic E-state index is 0.225. The average molecular weight is 279 g/mol. The highest BCUT2D eigenvalue weighted by atomic mass is 19.1. The number of nitrogens with zero attached hydrogens (tertiary/aromatic N) is 4. The molecule has 0 aliphatic rings. The molecule has 0 unspecified atom stereocenters. The predicted octanol–water partition coefficient (Wildman–Crippen LogP) is 2.67. The zero-order valence-electron chi connectivity index (χ0n) is 10.9. The topological polar surface area (TPSA) is 69.1 Å². The molecule has 0 bridgehead atoms. The third kappa shape index (κ3) is 1.73. The Morgan fingerprint density at radius 2 is 1.86 bits per heavy atom. The molecule has 21 heavy (non-hydrogen) atoms. The van der Waals surface area contributed by atoms with Gasteiger partial charge < -0.3 is 5.73 Å². The standard InChI is InChI=1S/C15H10FN5/c16-10-5-3-4-9(8-10)13-18-12-7-2-1-6-11(12)14-19-20-15(17)21(13)14/h1-8H,(H2,17,20). The summed E-state index contributed by atoms with van der Waals surface area (Å²) in [4.78, 5) is 4.58. The molecule has 0 atom stereocenters. The lowest BCUT2D eigenvalue weighted by molar-refractivity contribution is 0.628. The van der Waals surface area contributed by atoms with Crippen molar-refractivity contribution >= 4 is 22.5 Å². The van der Waals surface area contributed by atoms with Crippen molar-refractivity contribution in [2.45, 2.75) is 0 Å². The van der Waals surface area contributed by atoms with Crippen LogP contribution in [0.1, 0.15) is 0 Å². The van der Waals surface area contributed by atoms with Crippen LogP contribution < -0.4 is 5.73 Å². The van der Waals surface area contributed by atoms with Gasteiger partial charge in [-0.2, -0.15) is 0 Å². The molecule has 0 aliphatic carbocycles. The Kier molecular flexibility index (Phi) is 2.38. The van der Waals surface area contributed by atoms with Gasteiger partial charge in [0.25, 0.3) is 0 Å².